The van der Waals surface area contributed by atoms with E-state index in [9.17, 15) is 27.2 Å². The second-order valence-corrected chi connectivity index (χ2v) is 7.33. The van der Waals surface area contributed by atoms with E-state index in [1.807, 2.05) is 0 Å². The molecule has 32 heavy (non-hydrogen) atoms. The number of anilines is 3. The molecule has 0 radical (unpaired) electrons. The van der Waals surface area contributed by atoms with Crippen LogP contribution in [-0.4, -0.2) is 34.3 Å². The van der Waals surface area contributed by atoms with Crippen molar-refractivity contribution in [1.82, 2.24) is 9.97 Å². The number of carbonyl (C=O) groups excluding carboxylic acids is 2. The Hall–Kier alpha value is -3.74. The largest absolute Gasteiger partial charge is 0.417 e. The van der Waals surface area contributed by atoms with Crippen molar-refractivity contribution in [2.45, 2.75) is 19.6 Å². The summed E-state index contributed by atoms with van der Waals surface area (Å²) >= 11 is 0.773. The number of aromatic nitrogens is 2. The van der Waals surface area contributed by atoms with Gasteiger partial charge in [-0.1, -0.05) is 11.3 Å². The molecule has 1 unspecified atom stereocenters. The quantitative estimate of drug-likeness (QED) is 0.383. The molecule has 1 aromatic carbocycles. The van der Waals surface area contributed by atoms with Crippen LogP contribution in [-0.2, 0) is 4.79 Å². The lowest BCUT2D eigenvalue weighted by Crippen LogP contribution is -2.40. The van der Waals surface area contributed by atoms with Crippen LogP contribution in [0.2, 0.25) is 0 Å². The molecule has 2 heterocycles. The number of thiazole rings is 1. The number of hydrogen-bond acceptors (Lipinski definition) is 8. The van der Waals surface area contributed by atoms with E-state index in [0.29, 0.717) is 0 Å². The van der Waals surface area contributed by atoms with Gasteiger partial charge in [0.25, 0.3) is 0 Å². The minimum atomic E-state index is -3.07. The Bertz CT molecular complexity index is 1160. The molecule has 0 aliphatic carbocycles. The first-order valence-electron chi connectivity index (χ1n) is 8.84. The zero-order valence-corrected chi connectivity index (χ0v) is 17.1. The maximum atomic E-state index is 13.8. The van der Waals surface area contributed by atoms with E-state index in [1.54, 1.807) is 0 Å². The Balaban J connectivity index is 1.98. The smallest absolute Gasteiger partial charge is 0.388 e. The maximum absolute atomic E-state index is 13.8. The van der Waals surface area contributed by atoms with Crippen LogP contribution in [0.25, 0.3) is 0 Å². The summed E-state index contributed by atoms with van der Waals surface area (Å²) in [6, 6.07) is 4.16. The first-order chi connectivity index (χ1) is 15.1. The van der Waals surface area contributed by atoms with E-state index >= 15 is 0 Å². The molecule has 0 bridgehead atoms. The molecule has 0 aliphatic rings. The average molecular weight is 469 g/mol. The van der Waals surface area contributed by atoms with Crippen LogP contribution in [0, 0.1) is 11.6 Å². The lowest BCUT2D eigenvalue weighted by atomic mass is 10.1. The fraction of sp³-hybridized carbons (Fsp3) is 0.158. The highest BCUT2D eigenvalue weighted by Gasteiger charge is 2.28. The Morgan fingerprint density at radius 1 is 1.16 bits per heavy atom. The summed E-state index contributed by atoms with van der Waals surface area (Å²) in [5.41, 5.74) is 11.3. The van der Waals surface area contributed by atoms with E-state index in [4.69, 9.17) is 11.5 Å². The Labute approximate surface area is 182 Å². The van der Waals surface area contributed by atoms with Crippen LogP contribution in [0.4, 0.5) is 34.2 Å². The van der Waals surface area contributed by atoms with Gasteiger partial charge in [0.2, 0.25) is 17.6 Å². The third kappa shape index (κ3) is 4.77. The molecule has 2 aromatic heterocycles. The number of nitrogens with two attached hydrogens (primary N) is 2. The van der Waals surface area contributed by atoms with Crippen molar-refractivity contribution in [3.05, 3.63) is 58.6 Å². The lowest BCUT2D eigenvalue weighted by molar-refractivity contribution is -0.118. The van der Waals surface area contributed by atoms with Gasteiger partial charge in [-0.2, -0.15) is 8.78 Å². The molecule has 0 spiro atoms. The molecule has 4 N–H and O–H groups in total. The number of rotatable bonds is 8. The number of ketones is 1. The summed E-state index contributed by atoms with van der Waals surface area (Å²) in [5, 5.41) is 0.0220. The summed E-state index contributed by atoms with van der Waals surface area (Å²) < 4.78 is 55.8. The van der Waals surface area contributed by atoms with Crippen molar-refractivity contribution in [3.63, 3.8) is 0 Å². The Morgan fingerprint density at radius 3 is 2.44 bits per heavy atom. The number of ether oxygens (including phenoxy) is 1. The Kier molecular flexibility index (Phi) is 6.58. The number of alkyl halides is 2. The highest BCUT2D eigenvalue weighted by molar-refractivity contribution is 7.18. The molecule has 3 rings (SSSR count). The van der Waals surface area contributed by atoms with Crippen LogP contribution in [0.5, 0.6) is 5.88 Å². The molecule has 13 heteroatoms. The van der Waals surface area contributed by atoms with Crippen LogP contribution in [0.1, 0.15) is 22.2 Å². The van der Waals surface area contributed by atoms with Gasteiger partial charge in [-0.3, -0.25) is 9.59 Å². The monoisotopic (exact) mass is 469 g/mol. The third-order valence-electron chi connectivity index (χ3n) is 4.24. The second kappa shape index (κ2) is 9.18. The van der Waals surface area contributed by atoms with E-state index in [1.165, 1.54) is 24.0 Å². The van der Waals surface area contributed by atoms with Gasteiger partial charge in [0.15, 0.2) is 16.8 Å². The van der Waals surface area contributed by atoms with Gasteiger partial charge in [0, 0.05) is 29.6 Å². The molecule has 0 fully saturated rings. The summed E-state index contributed by atoms with van der Waals surface area (Å²) in [4.78, 5) is 33.5. The highest BCUT2D eigenvalue weighted by atomic mass is 32.1. The minimum absolute atomic E-state index is 0.0100. The number of nitrogen functional groups attached to an aromatic ring is 1. The number of hydrogen-bond donors (Lipinski definition) is 2. The van der Waals surface area contributed by atoms with Gasteiger partial charge < -0.3 is 21.1 Å². The Morgan fingerprint density at radius 2 is 1.88 bits per heavy atom. The molecule has 0 aliphatic heterocycles. The predicted molar refractivity (Wildman–Crippen MR) is 108 cm³/mol. The van der Waals surface area contributed by atoms with Gasteiger partial charge in [-0.05, 0) is 25.1 Å². The minimum Gasteiger partial charge on any atom is -0.417 e. The van der Waals surface area contributed by atoms with Gasteiger partial charge in [-0.25, -0.2) is 18.7 Å². The summed E-state index contributed by atoms with van der Waals surface area (Å²) in [5.74, 6) is -4.26. The fourth-order valence-electron chi connectivity index (χ4n) is 2.65. The van der Waals surface area contributed by atoms with E-state index in [-0.39, 0.29) is 33.0 Å². The lowest BCUT2D eigenvalue weighted by Gasteiger charge is -2.26. The van der Waals surface area contributed by atoms with Crippen molar-refractivity contribution in [2.75, 3.05) is 10.6 Å². The first kappa shape index (κ1) is 22.9. The first-order valence-corrected chi connectivity index (χ1v) is 9.65. The standard InChI is InChI=1S/C19H15F4N5O3S/c1-8(17(25)30)28(10-3-4-11(20)12(21)6-10)19-27-16(24)15(32-19)14(29)9-2-5-13(26-7-9)31-18(22)23/h2-8,18H,24H2,1H3,(H2,25,30). The number of pyridine rings is 1. The van der Waals surface area contributed by atoms with Crippen LogP contribution >= 0.6 is 11.3 Å². The third-order valence-corrected chi connectivity index (χ3v) is 5.31. The summed E-state index contributed by atoms with van der Waals surface area (Å²) in [6.07, 6.45) is 1.03. The topological polar surface area (TPSA) is 124 Å². The number of amides is 1. The summed E-state index contributed by atoms with van der Waals surface area (Å²) in [7, 11) is 0. The van der Waals surface area contributed by atoms with Crippen molar-refractivity contribution < 1.29 is 31.9 Å². The van der Waals surface area contributed by atoms with Gasteiger partial charge in [0.05, 0.1) is 0 Å². The van der Waals surface area contributed by atoms with Crippen molar-refractivity contribution >= 4 is 39.7 Å². The number of primary amides is 1. The molecular weight excluding hydrogens is 454 g/mol. The van der Waals surface area contributed by atoms with E-state index in [0.717, 1.165) is 35.7 Å². The number of halogens is 4. The number of benzene rings is 1. The molecule has 3 aromatic rings. The maximum Gasteiger partial charge on any atom is 0.388 e. The predicted octanol–water partition coefficient (Wildman–Crippen LogP) is 3.24. The average Bonchev–Trinajstić information content (AvgIpc) is 3.11. The summed E-state index contributed by atoms with van der Waals surface area (Å²) in [6.45, 7) is -1.66. The number of carbonyl (C=O) groups is 2. The highest BCUT2D eigenvalue weighted by Crippen LogP contribution is 2.36. The zero-order chi connectivity index (χ0) is 23.6. The fourth-order valence-corrected chi connectivity index (χ4v) is 3.70. The van der Waals surface area contributed by atoms with Crippen molar-refractivity contribution in [1.29, 1.82) is 0 Å². The van der Waals surface area contributed by atoms with Crippen molar-refractivity contribution in [3.8, 4) is 5.88 Å². The number of nitrogens with zero attached hydrogens (tertiary/aromatic N) is 3. The van der Waals surface area contributed by atoms with Crippen LogP contribution in [0.3, 0.4) is 0 Å². The molecule has 168 valence electrons. The van der Waals surface area contributed by atoms with Crippen LogP contribution < -0.4 is 21.1 Å². The van der Waals surface area contributed by atoms with E-state index in [2.05, 4.69) is 14.7 Å². The van der Waals surface area contributed by atoms with Crippen molar-refractivity contribution in [2.24, 2.45) is 5.73 Å². The van der Waals surface area contributed by atoms with Gasteiger partial charge >= 0.3 is 6.61 Å². The normalized spacial score (nSPS) is 11.9. The molecule has 1 amide bonds. The second-order valence-electron chi connectivity index (χ2n) is 6.35. The van der Waals surface area contributed by atoms with E-state index < -0.39 is 36.0 Å². The van der Waals surface area contributed by atoms with Crippen LogP contribution in [0.15, 0.2) is 36.5 Å². The molecule has 1 atom stereocenters. The van der Waals surface area contributed by atoms with Gasteiger partial charge in [0.1, 0.15) is 16.7 Å². The molecule has 8 nitrogen and oxygen atoms in total. The van der Waals surface area contributed by atoms with Gasteiger partial charge in [-0.15, -0.1) is 0 Å². The molecule has 0 saturated carbocycles. The zero-order valence-electron chi connectivity index (χ0n) is 16.3. The molecular formula is C19H15F4N5O3S. The molecule has 0 saturated heterocycles. The SMILES string of the molecule is CC(C(N)=O)N(c1ccc(F)c(F)c1)c1nc(N)c(C(=O)c2ccc(OC(F)F)nc2)s1.